The van der Waals surface area contributed by atoms with Crippen molar-refractivity contribution >= 4 is 28.4 Å². The summed E-state index contributed by atoms with van der Waals surface area (Å²) in [5, 5.41) is 0. The maximum Gasteiger partial charge on any atom is 0.0485 e. The van der Waals surface area contributed by atoms with Gasteiger partial charge in [-0.25, -0.2) is 0 Å². The molecule has 0 aliphatic heterocycles. The first-order valence-corrected chi connectivity index (χ1v) is 12.4. The Labute approximate surface area is 210 Å². The molecular weight excluding hydrogens is 424 g/mol. The summed E-state index contributed by atoms with van der Waals surface area (Å²) in [7, 11) is 0. The Kier molecular flexibility index (Phi) is 8.19. The Morgan fingerprint density at radius 1 is 0.657 bits per heavy atom. The summed E-state index contributed by atoms with van der Waals surface area (Å²) in [6.07, 6.45) is 8.80. The maximum absolute atomic E-state index is 2.36. The monoisotopic (exact) mass is 458 g/mol. The fourth-order valence-electron chi connectivity index (χ4n) is 4.32. The third-order valence-electron chi connectivity index (χ3n) is 5.84. The number of aryl methyl sites for hydroxylation is 1. The van der Waals surface area contributed by atoms with Crippen molar-refractivity contribution in [2.24, 2.45) is 0 Å². The van der Waals surface area contributed by atoms with Gasteiger partial charge in [0.15, 0.2) is 0 Å². The summed E-state index contributed by atoms with van der Waals surface area (Å²) in [6.45, 7) is 6.48. The summed E-state index contributed by atoms with van der Waals surface area (Å²) >= 11 is 0. The first kappa shape index (κ1) is 24.1. The van der Waals surface area contributed by atoms with Crippen LogP contribution in [0.25, 0.3) is 0 Å². The van der Waals surface area contributed by atoms with Crippen LogP contribution in [0.3, 0.4) is 0 Å². The number of allylic oxidation sites excluding steroid dienone is 3. The molecule has 0 unspecified atom stereocenters. The van der Waals surface area contributed by atoms with Gasteiger partial charge in [0, 0.05) is 34.1 Å². The smallest absolute Gasteiger partial charge is 0.0485 e. The minimum atomic E-state index is 1.03. The van der Waals surface area contributed by atoms with Crippen LogP contribution in [0, 0.1) is 6.92 Å². The van der Waals surface area contributed by atoms with E-state index in [0.29, 0.717) is 0 Å². The van der Waals surface area contributed by atoms with E-state index < -0.39 is 0 Å². The van der Waals surface area contributed by atoms with Crippen LogP contribution < -0.4 is 9.80 Å². The molecule has 0 bridgehead atoms. The summed E-state index contributed by atoms with van der Waals surface area (Å²) in [6, 6.07) is 38.6. The first-order chi connectivity index (χ1) is 17.2. The topological polar surface area (TPSA) is 6.48 Å². The van der Waals surface area contributed by atoms with Crippen LogP contribution in [0.15, 0.2) is 133 Å². The molecule has 2 heteroatoms. The molecule has 4 rings (SSSR count). The number of nitrogens with zero attached hydrogens (tertiary/aromatic N) is 2. The second-order valence-electron chi connectivity index (χ2n) is 8.62. The zero-order chi connectivity index (χ0) is 24.5. The van der Waals surface area contributed by atoms with Gasteiger partial charge in [-0.3, -0.25) is 0 Å². The summed E-state index contributed by atoms with van der Waals surface area (Å²) in [5.41, 5.74) is 8.09. The highest BCUT2D eigenvalue weighted by Crippen LogP contribution is 2.39. The van der Waals surface area contributed by atoms with Crippen molar-refractivity contribution in [3.8, 4) is 0 Å². The molecule has 0 aromatic heterocycles. The standard InChI is InChI=1S/C33H34N2/c1-4-6-17-28(16-5-2)34(29-18-10-7-11-19-29)32-24-27(3)25-33(26-32)35(30-20-12-8-13-21-30)31-22-14-9-15-23-31/h5,7-26H,4,6H2,1-3H3/b16-5-,28-17+. The highest BCUT2D eigenvalue weighted by Gasteiger charge is 2.18. The van der Waals surface area contributed by atoms with Gasteiger partial charge in [0.25, 0.3) is 0 Å². The van der Waals surface area contributed by atoms with Crippen molar-refractivity contribution in [2.45, 2.75) is 33.6 Å². The lowest BCUT2D eigenvalue weighted by atomic mass is 10.1. The highest BCUT2D eigenvalue weighted by molar-refractivity contribution is 5.81. The van der Waals surface area contributed by atoms with Crippen molar-refractivity contribution in [2.75, 3.05) is 9.80 Å². The molecule has 0 radical (unpaired) electrons. The van der Waals surface area contributed by atoms with Gasteiger partial charge in [-0.1, -0.05) is 80.1 Å². The van der Waals surface area contributed by atoms with E-state index >= 15 is 0 Å². The van der Waals surface area contributed by atoms with Crippen molar-refractivity contribution in [3.63, 3.8) is 0 Å². The second kappa shape index (κ2) is 11.9. The van der Waals surface area contributed by atoms with E-state index in [2.05, 4.69) is 158 Å². The van der Waals surface area contributed by atoms with Gasteiger partial charge in [0.05, 0.1) is 0 Å². The molecule has 0 spiro atoms. The zero-order valence-electron chi connectivity index (χ0n) is 20.9. The fourth-order valence-corrected chi connectivity index (χ4v) is 4.32. The molecule has 0 heterocycles. The van der Waals surface area contributed by atoms with Crippen LogP contribution in [0.1, 0.15) is 32.3 Å². The minimum absolute atomic E-state index is 1.03. The number of hydrogen-bond acceptors (Lipinski definition) is 2. The van der Waals surface area contributed by atoms with Crippen LogP contribution in [-0.2, 0) is 0 Å². The summed E-state index contributed by atoms with van der Waals surface area (Å²) < 4.78 is 0. The number of anilines is 5. The number of benzene rings is 4. The number of rotatable bonds is 9. The van der Waals surface area contributed by atoms with Gasteiger partial charge in [0.2, 0.25) is 0 Å². The maximum atomic E-state index is 2.36. The molecule has 0 aliphatic rings. The van der Waals surface area contributed by atoms with Gasteiger partial charge in [-0.05, 0) is 86.5 Å². The second-order valence-corrected chi connectivity index (χ2v) is 8.62. The minimum Gasteiger partial charge on any atom is -0.311 e. The average molecular weight is 459 g/mol. The van der Waals surface area contributed by atoms with E-state index in [9.17, 15) is 0 Å². The average Bonchev–Trinajstić information content (AvgIpc) is 2.89. The van der Waals surface area contributed by atoms with Crippen LogP contribution in [-0.4, -0.2) is 0 Å². The van der Waals surface area contributed by atoms with Gasteiger partial charge in [-0.15, -0.1) is 0 Å². The normalized spacial score (nSPS) is 11.6. The number of hydrogen-bond donors (Lipinski definition) is 0. The van der Waals surface area contributed by atoms with Gasteiger partial charge < -0.3 is 9.80 Å². The van der Waals surface area contributed by atoms with Crippen LogP contribution in [0.5, 0.6) is 0 Å². The first-order valence-electron chi connectivity index (χ1n) is 12.4. The molecule has 0 amide bonds. The van der Waals surface area contributed by atoms with E-state index in [1.165, 1.54) is 11.3 Å². The Morgan fingerprint density at radius 3 is 1.69 bits per heavy atom. The van der Waals surface area contributed by atoms with Crippen molar-refractivity contribution in [1.82, 2.24) is 0 Å². The van der Waals surface area contributed by atoms with Crippen LogP contribution >= 0.6 is 0 Å². The Balaban J connectivity index is 1.91. The zero-order valence-corrected chi connectivity index (χ0v) is 20.9. The summed E-state index contributed by atoms with van der Waals surface area (Å²) in [4.78, 5) is 4.69. The van der Waals surface area contributed by atoms with E-state index in [1.807, 2.05) is 0 Å². The van der Waals surface area contributed by atoms with Crippen LogP contribution in [0.2, 0.25) is 0 Å². The molecule has 0 saturated carbocycles. The van der Waals surface area contributed by atoms with Crippen molar-refractivity contribution in [3.05, 3.63) is 139 Å². The molecule has 2 nitrogen and oxygen atoms in total. The molecule has 176 valence electrons. The molecule has 0 aliphatic carbocycles. The van der Waals surface area contributed by atoms with E-state index in [-0.39, 0.29) is 0 Å². The lowest BCUT2D eigenvalue weighted by Gasteiger charge is -2.30. The lowest BCUT2D eigenvalue weighted by Crippen LogP contribution is -2.17. The fraction of sp³-hybridized carbons (Fsp3) is 0.152. The largest absolute Gasteiger partial charge is 0.311 e. The van der Waals surface area contributed by atoms with E-state index in [4.69, 9.17) is 0 Å². The predicted molar refractivity (Wildman–Crippen MR) is 152 cm³/mol. The molecular formula is C33H34N2. The number of unbranched alkanes of at least 4 members (excludes halogenated alkanes) is 1. The van der Waals surface area contributed by atoms with Crippen molar-refractivity contribution < 1.29 is 0 Å². The Morgan fingerprint density at radius 2 is 1.17 bits per heavy atom. The quantitative estimate of drug-likeness (QED) is 0.230. The lowest BCUT2D eigenvalue weighted by molar-refractivity contribution is 0.946. The predicted octanol–water partition coefficient (Wildman–Crippen LogP) is 9.86. The molecule has 4 aromatic carbocycles. The molecule has 4 aromatic rings. The Bertz CT molecular complexity index is 1220. The molecule has 0 atom stereocenters. The molecule has 0 fully saturated rings. The SMILES string of the molecule is C/C=C\C(=C/CCC)N(c1ccccc1)c1cc(C)cc(N(c2ccccc2)c2ccccc2)c1. The number of para-hydroxylation sites is 3. The van der Waals surface area contributed by atoms with E-state index in [0.717, 1.165) is 41.3 Å². The molecule has 0 N–H and O–H groups in total. The van der Waals surface area contributed by atoms with Gasteiger partial charge in [-0.2, -0.15) is 0 Å². The van der Waals surface area contributed by atoms with Gasteiger partial charge in [0.1, 0.15) is 0 Å². The van der Waals surface area contributed by atoms with Gasteiger partial charge >= 0.3 is 0 Å². The van der Waals surface area contributed by atoms with Crippen molar-refractivity contribution in [1.29, 1.82) is 0 Å². The third kappa shape index (κ3) is 5.91. The molecule has 35 heavy (non-hydrogen) atoms. The highest BCUT2D eigenvalue weighted by atomic mass is 15.2. The third-order valence-corrected chi connectivity index (χ3v) is 5.84. The Hall–Kier alpha value is -4.04. The van der Waals surface area contributed by atoms with Crippen LogP contribution in [0.4, 0.5) is 28.4 Å². The summed E-state index contributed by atoms with van der Waals surface area (Å²) in [5.74, 6) is 0. The van der Waals surface area contributed by atoms with E-state index in [1.54, 1.807) is 0 Å². The molecule has 0 saturated heterocycles.